The van der Waals surface area contributed by atoms with E-state index in [4.69, 9.17) is 22.4 Å². The van der Waals surface area contributed by atoms with Crippen LogP contribution in [-0.4, -0.2) is 38.0 Å². The third-order valence-electron chi connectivity index (χ3n) is 2.84. The van der Waals surface area contributed by atoms with Gasteiger partial charge in [0, 0.05) is 25.9 Å². The summed E-state index contributed by atoms with van der Waals surface area (Å²) in [6.07, 6.45) is 1.87. The summed E-state index contributed by atoms with van der Waals surface area (Å²) in [5, 5.41) is 8.33. The van der Waals surface area contributed by atoms with Crippen molar-refractivity contribution in [2.75, 3.05) is 25.9 Å². The zero-order valence-corrected chi connectivity index (χ0v) is 12.7. The van der Waals surface area contributed by atoms with Crippen LogP contribution in [-0.2, 0) is 10.0 Å². The van der Waals surface area contributed by atoms with Crippen molar-refractivity contribution in [3.8, 4) is 0 Å². The number of rotatable bonds is 7. The maximum atomic E-state index is 13.9. The van der Waals surface area contributed by atoms with E-state index in [2.05, 4.69) is 0 Å². The summed E-state index contributed by atoms with van der Waals surface area (Å²) in [5.41, 5.74) is 5.59. The molecule has 3 N–H and O–H groups in total. The summed E-state index contributed by atoms with van der Waals surface area (Å²) in [6, 6.07) is 2.22. The van der Waals surface area contributed by atoms with Gasteiger partial charge in [-0.15, -0.1) is 0 Å². The number of benzene rings is 1. The smallest absolute Gasteiger partial charge is 0.245 e. The standard InChI is InChI=1S/C12H18ClFN2O3S/c1-16(5-3-2-4-6-17)20(18,19)11-8-9(15)7-10(13)12(11)14/h7-8,17H,2-6,15H2,1H3. The van der Waals surface area contributed by atoms with E-state index in [9.17, 15) is 12.8 Å². The summed E-state index contributed by atoms with van der Waals surface area (Å²) >= 11 is 5.61. The number of nitrogens with two attached hydrogens (primary N) is 1. The van der Waals surface area contributed by atoms with Gasteiger partial charge in [0.1, 0.15) is 4.90 Å². The molecule has 1 rings (SSSR count). The van der Waals surface area contributed by atoms with Gasteiger partial charge in [-0.3, -0.25) is 0 Å². The monoisotopic (exact) mass is 324 g/mol. The molecule has 1 aromatic carbocycles. The van der Waals surface area contributed by atoms with Crippen molar-refractivity contribution >= 4 is 27.3 Å². The van der Waals surface area contributed by atoms with Gasteiger partial charge < -0.3 is 10.8 Å². The summed E-state index contributed by atoms with van der Waals surface area (Å²) in [4.78, 5) is -0.521. The lowest BCUT2D eigenvalue weighted by molar-refractivity contribution is 0.281. The quantitative estimate of drug-likeness (QED) is 0.592. The van der Waals surface area contributed by atoms with E-state index >= 15 is 0 Å². The minimum absolute atomic E-state index is 0.0654. The summed E-state index contributed by atoms with van der Waals surface area (Å²) in [6.45, 7) is 0.296. The molecule has 0 radical (unpaired) electrons. The zero-order chi connectivity index (χ0) is 15.3. The van der Waals surface area contributed by atoms with Gasteiger partial charge in [-0.05, 0) is 31.4 Å². The van der Waals surface area contributed by atoms with Crippen LogP contribution in [0.1, 0.15) is 19.3 Å². The Morgan fingerprint density at radius 1 is 1.35 bits per heavy atom. The molecule has 114 valence electrons. The van der Waals surface area contributed by atoms with Crippen LogP contribution < -0.4 is 5.73 Å². The molecule has 0 saturated heterocycles. The predicted octanol–water partition coefficient (Wildman–Crippen LogP) is 1.84. The Kier molecular flexibility index (Phi) is 6.19. The number of aliphatic hydroxyl groups is 1. The number of halogens is 2. The molecular formula is C12H18ClFN2O3S. The van der Waals surface area contributed by atoms with Crippen molar-refractivity contribution < 1.29 is 17.9 Å². The molecule has 8 heteroatoms. The maximum Gasteiger partial charge on any atom is 0.245 e. The lowest BCUT2D eigenvalue weighted by Gasteiger charge is -2.18. The van der Waals surface area contributed by atoms with E-state index in [0.29, 0.717) is 19.3 Å². The largest absolute Gasteiger partial charge is 0.399 e. The molecule has 0 fully saturated rings. The Labute approximate surface area is 123 Å². The van der Waals surface area contributed by atoms with Crippen LogP contribution in [0, 0.1) is 5.82 Å². The molecule has 0 aromatic heterocycles. The van der Waals surface area contributed by atoms with Crippen molar-refractivity contribution in [1.82, 2.24) is 4.31 Å². The number of unbranched alkanes of at least 4 members (excludes halogenated alkanes) is 2. The van der Waals surface area contributed by atoms with Crippen molar-refractivity contribution in [1.29, 1.82) is 0 Å². The summed E-state index contributed by atoms with van der Waals surface area (Å²) < 4.78 is 39.4. The van der Waals surface area contributed by atoms with E-state index in [-0.39, 0.29) is 23.9 Å². The Balaban J connectivity index is 2.93. The molecule has 1 aromatic rings. The minimum atomic E-state index is -3.97. The average molecular weight is 325 g/mol. The van der Waals surface area contributed by atoms with Gasteiger partial charge in [0.2, 0.25) is 10.0 Å². The third-order valence-corrected chi connectivity index (χ3v) is 4.97. The Hall–Kier alpha value is -0.890. The number of hydrogen-bond donors (Lipinski definition) is 2. The number of hydrogen-bond acceptors (Lipinski definition) is 4. The Bertz CT molecular complexity index is 566. The van der Waals surface area contributed by atoms with Crippen LogP contribution in [0.3, 0.4) is 0 Å². The van der Waals surface area contributed by atoms with E-state index in [0.717, 1.165) is 16.4 Å². The highest BCUT2D eigenvalue weighted by atomic mass is 35.5. The van der Waals surface area contributed by atoms with E-state index in [1.54, 1.807) is 0 Å². The molecule has 0 spiro atoms. The predicted molar refractivity (Wildman–Crippen MR) is 76.6 cm³/mol. The molecule has 0 aliphatic carbocycles. The average Bonchev–Trinajstić information content (AvgIpc) is 2.38. The number of nitrogens with zero attached hydrogens (tertiary/aromatic N) is 1. The van der Waals surface area contributed by atoms with Crippen LogP contribution >= 0.6 is 11.6 Å². The van der Waals surface area contributed by atoms with Gasteiger partial charge in [-0.2, -0.15) is 0 Å². The van der Waals surface area contributed by atoms with Crippen molar-refractivity contribution in [3.63, 3.8) is 0 Å². The first kappa shape index (κ1) is 17.2. The van der Waals surface area contributed by atoms with Crippen molar-refractivity contribution in [3.05, 3.63) is 23.0 Å². The SMILES string of the molecule is CN(CCCCCO)S(=O)(=O)c1cc(N)cc(Cl)c1F. The van der Waals surface area contributed by atoms with Gasteiger partial charge >= 0.3 is 0 Å². The zero-order valence-electron chi connectivity index (χ0n) is 11.1. The molecule has 0 atom stereocenters. The van der Waals surface area contributed by atoms with Crippen molar-refractivity contribution in [2.45, 2.75) is 24.2 Å². The topological polar surface area (TPSA) is 83.6 Å². The molecule has 0 heterocycles. The fraction of sp³-hybridized carbons (Fsp3) is 0.500. The van der Waals surface area contributed by atoms with Gasteiger partial charge in [-0.1, -0.05) is 11.6 Å². The number of sulfonamides is 1. The molecule has 20 heavy (non-hydrogen) atoms. The Morgan fingerprint density at radius 3 is 2.60 bits per heavy atom. The van der Waals surface area contributed by atoms with Crippen LogP contribution in [0.15, 0.2) is 17.0 Å². The fourth-order valence-corrected chi connectivity index (χ4v) is 3.29. The maximum absolute atomic E-state index is 13.9. The van der Waals surface area contributed by atoms with Gasteiger partial charge in [-0.25, -0.2) is 17.1 Å². The van der Waals surface area contributed by atoms with Gasteiger partial charge in [0.25, 0.3) is 0 Å². The first-order valence-electron chi connectivity index (χ1n) is 6.12. The van der Waals surface area contributed by atoms with Crippen LogP contribution in [0.25, 0.3) is 0 Å². The van der Waals surface area contributed by atoms with E-state index < -0.39 is 20.7 Å². The molecule has 0 unspecified atom stereocenters. The van der Waals surface area contributed by atoms with Crippen LogP contribution in [0.2, 0.25) is 5.02 Å². The summed E-state index contributed by atoms with van der Waals surface area (Å²) in [7, 11) is -2.60. The lowest BCUT2D eigenvalue weighted by Crippen LogP contribution is -2.29. The highest BCUT2D eigenvalue weighted by Crippen LogP contribution is 2.27. The highest BCUT2D eigenvalue weighted by Gasteiger charge is 2.26. The lowest BCUT2D eigenvalue weighted by atomic mass is 10.2. The normalized spacial score (nSPS) is 12.1. The first-order chi connectivity index (χ1) is 9.30. The number of anilines is 1. The second-order valence-electron chi connectivity index (χ2n) is 4.43. The molecule has 0 aliphatic rings. The first-order valence-corrected chi connectivity index (χ1v) is 7.94. The molecule has 0 aliphatic heterocycles. The van der Waals surface area contributed by atoms with Crippen molar-refractivity contribution in [2.24, 2.45) is 0 Å². The molecule has 0 amide bonds. The number of aliphatic hydroxyl groups excluding tert-OH is 1. The van der Waals surface area contributed by atoms with Crippen LogP contribution in [0.4, 0.5) is 10.1 Å². The Morgan fingerprint density at radius 2 is 2.00 bits per heavy atom. The van der Waals surface area contributed by atoms with E-state index in [1.807, 2.05) is 0 Å². The van der Waals surface area contributed by atoms with E-state index in [1.165, 1.54) is 7.05 Å². The molecule has 5 nitrogen and oxygen atoms in total. The highest BCUT2D eigenvalue weighted by molar-refractivity contribution is 7.89. The molecular weight excluding hydrogens is 307 g/mol. The second kappa shape index (κ2) is 7.21. The van der Waals surface area contributed by atoms with Crippen LogP contribution in [0.5, 0.6) is 0 Å². The fourth-order valence-electron chi connectivity index (χ4n) is 1.68. The molecule has 0 bridgehead atoms. The van der Waals surface area contributed by atoms with Gasteiger partial charge in [0.15, 0.2) is 5.82 Å². The number of nitrogen functional groups attached to an aromatic ring is 1. The second-order valence-corrected chi connectivity index (χ2v) is 6.85. The summed E-state index contributed by atoms with van der Waals surface area (Å²) in [5.74, 6) is -0.997. The molecule has 0 saturated carbocycles. The third kappa shape index (κ3) is 4.05. The minimum Gasteiger partial charge on any atom is -0.399 e. The van der Waals surface area contributed by atoms with Gasteiger partial charge in [0.05, 0.1) is 5.02 Å².